The van der Waals surface area contributed by atoms with Gasteiger partial charge >= 0.3 is 0 Å². The summed E-state index contributed by atoms with van der Waals surface area (Å²) in [5, 5.41) is 0.445. The second-order valence-corrected chi connectivity index (χ2v) is 4.42. The third-order valence-corrected chi connectivity index (χ3v) is 3.15. The second-order valence-electron chi connectivity index (χ2n) is 4.08. The Bertz CT molecular complexity index is 689. The number of aromatic nitrogens is 2. The number of imidazole rings is 1. The smallest absolute Gasteiger partial charge is 0.204 e. The molecule has 0 saturated heterocycles. The summed E-state index contributed by atoms with van der Waals surface area (Å²) in [5.41, 5.74) is 2.83. The van der Waals surface area contributed by atoms with E-state index in [0.29, 0.717) is 11.8 Å². The maximum atomic E-state index is 12.9. The quantitative estimate of drug-likeness (QED) is 0.684. The Balaban J connectivity index is 2.04. The predicted molar refractivity (Wildman–Crippen MR) is 70.2 cm³/mol. The van der Waals surface area contributed by atoms with Gasteiger partial charge in [0, 0.05) is 0 Å². The minimum absolute atomic E-state index is 0.236. The number of hydrogen-bond acceptors (Lipinski definition) is 1. The lowest BCUT2D eigenvalue weighted by Crippen LogP contribution is -1.99. The molecular formula is C14H10ClFN2. The Hall–Kier alpha value is -1.87. The monoisotopic (exact) mass is 260 g/mol. The number of rotatable bonds is 2. The summed E-state index contributed by atoms with van der Waals surface area (Å²) in [4.78, 5) is 4.28. The minimum Gasteiger partial charge on any atom is -0.310 e. The van der Waals surface area contributed by atoms with Crippen molar-refractivity contribution in [3.63, 3.8) is 0 Å². The van der Waals surface area contributed by atoms with Crippen molar-refractivity contribution in [2.45, 2.75) is 6.54 Å². The molecule has 0 spiro atoms. The SMILES string of the molecule is Fc1ccc(Cn2c(Cl)nc3ccccc32)cc1. The summed E-state index contributed by atoms with van der Waals surface area (Å²) in [7, 11) is 0. The van der Waals surface area contributed by atoms with Crippen molar-refractivity contribution in [1.82, 2.24) is 9.55 Å². The maximum absolute atomic E-state index is 12.9. The molecule has 1 aromatic heterocycles. The molecule has 3 aromatic rings. The van der Waals surface area contributed by atoms with Crippen LogP contribution in [0.4, 0.5) is 4.39 Å². The Morgan fingerprint density at radius 2 is 1.78 bits per heavy atom. The van der Waals surface area contributed by atoms with Gasteiger partial charge in [-0.05, 0) is 41.4 Å². The zero-order valence-corrected chi connectivity index (χ0v) is 10.2. The van der Waals surface area contributed by atoms with Crippen molar-refractivity contribution in [3.8, 4) is 0 Å². The fraction of sp³-hybridized carbons (Fsp3) is 0.0714. The van der Waals surface area contributed by atoms with E-state index in [1.165, 1.54) is 12.1 Å². The van der Waals surface area contributed by atoms with Crippen molar-refractivity contribution < 1.29 is 4.39 Å². The van der Waals surface area contributed by atoms with Crippen molar-refractivity contribution in [2.75, 3.05) is 0 Å². The highest BCUT2D eigenvalue weighted by Crippen LogP contribution is 2.21. The standard InChI is InChI=1S/C14H10ClFN2/c15-14-17-12-3-1-2-4-13(12)18(14)9-10-5-7-11(16)8-6-10/h1-8H,9H2. The van der Waals surface area contributed by atoms with Gasteiger partial charge in [0.1, 0.15) is 5.82 Å². The molecule has 90 valence electrons. The predicted octanol–water partition coefficient (Wildman–Crippen LogP) is 3.88. The highest BCUT2D eigenvalue weighted by Gasteiger charge is 2.08. The van der Waals surface area contributed by atoms with Crippen LogP contribution in [0.15, 0.2) is 48.5 Å². The van der Waals surface area contributed by atoms with Crippen LogP contribution in [0.3, 0.4) is 0 Å². The highest BCUT2D eigenvalue weighted by molar-refractivity contribution is 6.29. The molecule has 0 unspecified atom stereocenters. The van der Waals surface area contributed by atoms with Gasteiger partial charge in [-0.25, -0.2) is 9.37 Å². The van der Waals surface area contributed by atoms with E-state index in [0.717, 1.165) is 16.6 Å². The van der Waals surface area contributed by atoms with Crippen LogP contribution in [0.1, 0.15) is 5.56 Å². The Kier molecular flexibility index (Phi) is 2.76. The highest BCUT2D eigenvalue weighted by atomic mass is 35.5. The molecule has 1 heterocycles. The summed E-state index contributed by atoms with van der Waals surface area (Å²) < 4.78 is 14.8. The van der Waals surface area contributed by atoms with E-state index >= 15 is 0 Å². The first-order valence-electron chi connectivity index (χ1n) is 5.59. The molecule has 0 radical (unpaired) electrons. The Morgan fingerprint density at radius 1 is 1.06 bits per heavy atom. The number of hydrogen-bond donors (Lipinski definition) is 0. The van der Waals surface area contributed by atoms with Crippen molar-refractivity contribution in [1.29, 1.82) is 0 Å². The average Bonchev–Trinajstić information content (AvgIpc) is 2.69. The Labute approximate surface area is 109 Å². The van der Waals surface area contributed by atoms with Gasteiger partial charge in [0.2, 0.25) is 5.28 Å². The number of fused-ring (bicyclic) bond motifs is 1. The molecule has 18 heavy (non-hydrogen) atoms. The molecule has 2 aromatic carbocycles. The van der Waals surface area contributed by atoms with E-state index < -0.39 is 0 Å². The number of benzene rings is 2. The first kappa shape index (κ1) is 11.2. The van der Waals surface area contributed by atoms with Crippen LogP contribution in [0.25, 0.3) is 11.0 Å². The van der Waals surface area contributed by atoms with Crippen LogP contribution in [-0.4, -0.2) is 9.55 Å². The summed E-state index contributed by atoms with van der Waals surface area (Å²) in [6.45, 7) is 0.583. The van der Waals surface area contributed by atoms with E-state index in [-0.39, 0.29) is 5.82 Å². The lowest BCUT2D eigenvalue weighted by Gasteiger charge is -2.05. The molecule has 0 aliphatic carbocycles. The summed E-state index contributed by atoms with van der Waals surface area (Å²) in [5.74, 6) is -0.236. The molecule has 0 aliphatic rings. The normalized spacial score (nSPS) is 11.0. The summed E-state index contributed by atoms with van der Waals surface area (Å²) in [6.07, 6.45) is 0. The van der Waals surface area contributed by atoms with Crippen LogP contribution in [0.2, 0.25) is 5.28 Å². The van der Waals surface area contributed by atoms with E-state index in [2.05, 4.69) is 4.98 Å². The third-order valence-electron chi connectivity index (χ3n) is 2.86. The zero-order chi connectivity index (χ0) is 12.5. The van der Waals surface area contributed by atoms with Crippen LogP contribution in [0, 0.1) is 5.82 Å². The van der Waals surface area contributed by atoms with Gasteiger partial charge in [0.05, 0.1) is 17.6 Å². The molecule has 3 rings (SSSR count). The van der Waals surface area contributed by atoms with Crippen LogP contribution < -0.4 is 0 Å². The van der Waals surface area contributed by atoms with Gasteiger partial charge < -0.3 is 4.57 Å². The summed E-state index contributed by atoms with van der Waals surface area (Å²) in [6, 6.07) is 14.2. The molecule has 0 amide bonds. The van der Waals surface area contributed by atoms with E-state index in [9.17, 15) is 4.39 Å². The lowest BCUT2D eigenvalue weighted by molar-refractivity contribution is 0.626. The number of halogens is 2. The van der Waals surface area contributed by atoms with Gasteiger partial charge in [-0.15, -0.1) is 0 Å². The first-order chi connectivity index (χ1) is 8.74. The largest absolute Gasteiger partial charge is 0.310 e. The van der Waals surface area contributed by atoms with Crippen molar-refractivity contribution >= 4 is 22.6 Å². The number of para-hydroxylation sites is 2. The average molecular weight is 261 g/mol. The lowest BCUT2D eigenvalue weighted by atomic mass is 10.2. The molecule has 0 saturated carbocycles. The van der Waals surface area contributed by atoms with E-state index in [1.807, 2.05) is 28.8 Å². The van der Waals surface area contributed by atoms with Gasteiger partial charge in [0.25, 0.3) is 0 Å². The van der Waals surface area contributed by atoms with Gasteiger partial charge in [-0.3, -0.25) is 0 Å². The summed E-state index contributed by atoms with van der Waals surface area (Å²) >= 11 is 6.13. The molecule has 2 nitrogen and oxygen atoms in total. The van der Waals surface area contributed by atoms with Crippen molar-refractivity contribution in [2.24, 2.45) is 0 Å². The molecule has 0 atom stereocenters. The fourth-order valence-corrected chi connectivity index (χ4v) is 2.21. The van der Waals surface area contributed by atoms with Gasteiger partial charge in [-0.2, -0.15) is 0 Å². The molecular weight excluding hydrogens is 251 g/mol. The topological polar surface area (TPSA) is 17.8 Å². The van der Waals surface area contributed by atoms with E-state index in [4.69, 9.17) is 11.6 Å². The van der Waals surface area contributed by atoms with E-state index in [1.54, 1.807) is 12.1 Å². The molecule has 4 heteroatoms. The fourth-order valence-electron chi connectivity index (χ4n) is 1.97. The maximum Gasteiger partial charge on any atom is 0.204 e. The first-order valence-corrected chi connectivity index (χ1v) is 5.97. The second kappa shape index (κ2) is 4.42. The van der Waals surface area contributed by atoms with Crippen LogP contribution in [0.5, 0.6) is 0 Å². The molecule has 0 fully saturated rings. The van der Waals surface area contributed by atoms with Crippen LogP contribution in [-0.2, 0) is 6.54 Å². The van der Waals surface area contributed by atoms with Gasteiger partial charge in [0.15, 0.2) is 0 Å². The minimum atomic E-state index is -0.236. The van der Waals surface area contributed by atoms with Crippen molar-refractivity contribution in [3.05, 3.63) is 65.2 Å². The molecule has 0 N–H and O–H groups in total. The number of nitrogens with zero attached hydrogens (tertiary/aromatic N) is 2. The zero-order valence-electron chi connectivity index (χ0n) is 9.48. The third kappa shape index (κ3) is 1.97. The Morgan fingerprint density at radius 3 is 2.56 bits per heavy atom. The molecule has 0 aliphatic heterocycles. The molecule has 0 bridgehead atoms. The van der Waals surface area contributed by atoms with Crippen LogP contribution >= 0.6 is 11.6 Å². The van der Waals surface area contributed by atoms with Gasteiger partial charge in [-0.1, -0.05) is 24.3 Å².